The van der Waals surface area contributed by atoms with Crippen LogP contribution in [0.3, 0.4) is 0 Å². The van der Waals surface area contributed by atoms with Crippen molar-refractivity contribution in [2.45, 2.75) is 58.9 Å². The summed E-state index contributed by atoms with van der Waals surface area (Å²) in [5.41, 5.74) is 2.38. The summed E-state index contributed by atoms with van der Waals surface area (Å²) in [7, 11) is 0. The molecule has 3 atom stereocenters. The van der Waals surface area contributed by atoms with Crippen molar-refractivity contribution < 1.29 is 14.3 Å². The number of nitrogens with zero attached hydrogens (tertiary/aromatic N) is 2. The molecule has 0 aliphatic carbocycles. The summed E-state index contributed by atoms with van der Waals surface area (Å²) < 4.78 is 5.79. The Labute approximate surface area is 168 Å². The van der Waals surface area contributed by atoms with Crippen LogP contribution >= 0.6 is 0 Å². The first-order chi connectivity index (χ1) is 13.4. The number of hydrogen-bond acceptors (Lipinski definition) is 4. The molecule has 2 aliphatic rings. The van der Waals surface area contributed by atoms with Crippen molar-refractivity contribution in [2.75, 3.05) is 26.2 Å². The molecule has 2 amide bonds. The number of carbonyl (C=O) groups excluding carboxylic acids is 2. The van der Waals surface area contributed by atoms with E-state index in [1.165, 1.54) is 5.56 Å². The highest BCUT2D eigenvalue weighted by Gasteiger charge is 2.26. The minimum absolute atomic E-state index is 0.0475. The second-order valence-corrected chi connectivity index (χ2v) is 8.29. The average molecular weight is 388 g/mol. The number of rotatable bonds is 5. The van der Waals surface area contributed by atoms with Gasteiger partial charge in [0.05, 0.1) is 18.1 Å². The molecule has 1 aromatic carbocycles. The quantitative estimate of drug-likeness (QED) is 0.841. The molecule has 154 valence electrons. The van der Waals surface area contributed by atoms with Crippen molar-refractivity contribution in [1.82, 2.24) is 15.1 Å². The molecule has 6 heteroatoms. The van der Waals surface area contributed by atoms with Gasteiger partial charge in [-0.25, -0.2) is 0 Å². The van der Waals surface area contributed by atoms with Crippen molar-refractivity contribution in [2.24, 2.45) is 5.92 Å². The molecule has 6 nitrogen and oxygen atoms in total. The molecule has 0 unspecified atom stereocenters. The molecule has 2 saturated heterocycles. The van der Waals surface area contributed by atoms with E-state index in [4.69, 9.17) is 4.74 Å². The molecule has 0 bridgehead atoms. The molecule has 28 heavy (non-hydrogen) atoms. The standard InChI is InChI=1S/C22H33N3O3/c1-16-12-24(13-17(2)28-16)14-20-8-6-19(7-9-20)11-23-22(27)21-5-4-10-25(15-21)18(3)26/h6-9,16-17,21H,4-5,10-15H2,1-3H3,(H,23,27)/t16-,17-,21-/m0/s1. The van der Waals surface area contributed by atoms with E-state index in [0.717, 1.165) is 44.6 Å². The molecule has 3 rings (SSSR count). The molecule has 0 saturated carbocycles. The smallest absolute Gasteiger partial charge is 0.225 e. The first-order valence-corrected chi connectivity index (χ1v) is 10.4. The number of carbonyl (C=O) groups is 2. The van der Waals surface area contributed by atoms with E-state index >= 15 is 0 Å². The van der Waals surface area contributed by atoms with Crippen molar-refractivity contribution in [3.05, 3.63) is 35.4 Å². The lowest BCUT2D eigenvalue weighted by atomic mass is 9.97. The summed E-state index contributed by atoms with van der Waals surface area (Å²) in [5.74, 6) is 0.00526. The zero-order valence-corrected chi connectivity index (χ0v) is 17.3. The summed E-state index contributed by atoms with van der Waals surface area (Å²) in [5, 5.41) is 3.04. The van der Waals surface area contributed by atoms with Gasteiger partial charge in [-0.2, -0.15) is 0 Å². The fourth-order valence-electron chi connectivity index (χ4n) is 4.24. The number of morpholine rings is 1. The van der Waals surface area contributed by atoms with Crippen LogP contribution in [-0.2, 0) is 27.4 Å². The van der Waals surface area contributed by atoms with Gasteiger partial charge in [-0.05, 0) is 37.8 Å². The van der Waals surface area contributed by atoms with Gasteiger partial charge in [-0.15, -0.1) is 0 Å². The Morgan fingerprint density at radius 1 is 1.07 bits per heavy atom. The van der Waals surface area contributed by atoms with Gasteiger partial charge in [0.1, 0.15) is 0 Å². The summed E-state index contributed by atoms with van der Waals surface area (Å²) in [6.45, 7) is 10.5. The highest BCUT2D eigenvalue weighted by molar-refractivity contribution is 5.80. The zero-order valence-electron chi connectivity index (χ0n) is 17.3. The van der Waals surface area contributed by atoms with E-state index in [0.29, 0.717) is 13.1 Å². The van der Waals surface area contributed by atoms with E-state index in [1.807, 2.05) is 0 Å². The lowest BCUT2D eigenvalue weighted by molar-refractivity contribution is -0.134. The summed E-state index contributed by atoms with van der Waals surface area (Å²) in [4.78, 5) is 28.2. The van der Waals surface area contributed by atoms with Crippen LogP contribution in [0.15, 0.2) is 24.3 Å². The maximum absolute atomic E-state index is 12.5. The van der Waals surface area contributed by atoms with Crippen molar-refractivity contribution in [3.8, 4) is 0 Å². The van der Waals surface area contributed by atoms with Crippen LogP contribution in [0.2, 0.25) is 0 Å². The van der Waals surface area contributed by atoms with Crippen LogP contribution < -0.4 is 5.32 Å². The minimum Gasteiger partial charge on any atom is -0.373 e. The van der Waals surface area contributed by atoms with Crippen LogP contribution in [0.1, 0.15) is 44.7 Å². The van der Waals surface area contributed by atoms with Crippen LogP contribution in [0.25, 0.3) is 0 Å². The van der Waals surface area contributed by atoms with E-state index in [2.05, 4.69) is 48.3 Å². The summed E-state index contributed by atoms with van der Waals surface area (Å²) in [6.07, 6.45) is 2.30. The first-order valence-electron chi connectivity index (χ1n) is 10.4. The topological polar surface area (TPSA) is 61.9 Å². The lowest BCUT2D eigenvalue weighted by Gasteiger charge is -2.35. The second kappa shape index (κ2) is 9.52. The number of benzene rings is 1. The van der Waals surface area contributed by atoms with Gasteiger partial charge in [0.2, 0.25) is 11.8 Å². The molecule has 2 fully saturated rings. The van der Waals surface area contributed by atoms with Crippen molar-refractivity contribution >= 4 is 11.8 Å². The predicted molar refractivity (Wildman–Crippen MR) is 109 cm³/mol. The van der Waals surface area contributed by atoms with E-state index in [1.54, 1.807) is 11.8 Å². The number of nitrogens with one attached hydrogen (secondary N) is 1. The molecule has 2 aliphatic heterocycles. The maximum atomic E-state index is 12.5. The van der Waals surface area contributed by atoms with Crippen molar-refractivity contribution in [3.63, 3.8) is 0 Å². The predicted octanol–water partition coefficient (Wildman–Crippen LogP) is 2.17. The Bertz CT molecular complexity index is 666. The number of ether oxygens (including phenoxy) is 1. The fraction of sp³-hybridized carbons (Fsp3) is 0.636. The van der Waals surface area contributed by atoms with Gasteiger partial charge in [-0.1, -0.05) is 24.3 Å². The van der Waals surface area contributed by atoms with Gasteiger partial charge in [0.25, 0.3) is 0 Å². The Balaban J connectivity index is 1.46. The van der Waals surface area contributed by atoms with Gasteiger partial charge in [-0.3, -0.25) is 14.5 Å². The molecular formula is C22H33N3O3. The normalized spacial score (nSPS) is 26.1. The van der Waals surface area contributed by atoms with E-state index in [9.17, 15) is 9.59 Å². The Morgan fingerprint density at radius 3 is 2.36 bits per heavy atom. The Hall–Kier alpha value is -1.92. The minimum atomic E-state index is -0.0952. The van der Waals surface area contributed by atoms with E-state index < -0.39 is 0 Å². The van der Waals surface area contributed by atoms with Crippen LogP contribution in [-0.4, -0.2) is 60.0 Å². The maximum Gasteiger partial charge on any atom is 0.225 e. The molecular weight excluding hydrogens is 354 g/mol. The van der Waals surface area contributed by atoms with E-state index in [-0.39, 0.29) is 29.9 Å². The SMILES string of the molecule is CC(=O)N1CCC[C@H](C(=O)NCc2ccc(CN3C[C@H](C)O[C@@H](C)C3)cc2)C1. The number of piperidine rings is 1. The van der Waals surface area contributed by atoms with Gasteiger partial charge in [0, 0.05) is 46.2 Å². The summed E-state index contributed by atoms with van der Waals surface area (Å²) in [6, 6.07) is 8.46. The second-order valence-electron chi connectivity index (χ2n) is 8.29. The summed E-state index contributed by atoms with van der Waals surface area (Å²) >= 11 is 0. The van der Waals surface area contributed by atoms with Crippen LogP contribution in [0, 0.1) is 5.92 Å². The van der Waals surface area contributed by atoms with Crippen LogP contribution in [0.4, 0.5) is 0 Å². The Kier molecular flexibility index (Phi) is 7.08. The highest BCUT2D eigenvalue weighted by Crippen LogP contribution is 2.17. The number of hydrogen-bond donors (Lipinski definition) is 1. The third-order valence-electron chi connectivity index (χ3n) is 5.63. The Morgan fingerprint density at radius 2 is 1.71 bits per heavy atom. The highest BCUT2D eigenvalue weighted by atomic mass is 16.5. The molecule has 1 aromatic rings. The zero-order chi connectivity index (χ0) is 20.1. The third-order valence-corrected chi connectivity index (χ3v) is 5.63. The fourth-order valence-corrected chi connectivity index (χ4v) is 4.24. The van der Waals surface area contributed by atoms with Gasteiger partial charge < -0.3 is 15.0 Å². The van der Waals surface area contributed by atoms with Gasteiger partial charge in [0.15, 0.2) is 0 Å². The average Bonchev–Trinajstić information content (AvgIpc) is 2.66. The molecule has 1 N–H and O–H groups in total. The molecule has 0 aromatic heterocycles. The largest absolute Gasteiger partial charge is 0.373 e. The molecule has 2 heterocycles. The molecule has 0 radical (unpaired) electrons. The number of amides is 2. The van der Waals surface area contributed by atoms with Crippen molar-refractivity contribution in [1.29, 1.82) is 0 Å². The molecule has 0 spiro atoms. The monoisotopic (exact) mass is 387 g/mol. The van der Waals surface area contributed by atoms with Crippen LogP contribution in [0.5, 0.6) is 0 Å². The third kappa shape index (κ3) is 5.79. The number of likely N-dealkylation sites (tertiary alicyclic amines) is 1. The lowest BCUT2D eigenvalue weighted by Crippen LogP contribution is -2.44. The first kappa shape index (κ1) is 20.8. The van der Waals surface area contributed by atoms with Gasteiger partial charge >= 0.3 is 0 Å².